The number of halogens is 1. The van der Waals surface area contributed by atoms with Crippen LogP contribution in [0.5, 0.6) is 0 Å². The Kier molecular flexibility index (Phi) is 4.28. The highest BCUT2D eigenvalue weighted by atomic mass is 35.5. The maximum atomic E-state index is 6.09. The lowest BCUT2D eigenvalue weighted by Crippen LogP contribution is -2.31. The smallest absolute Gasteiger partial charge is 0.229 e. The van der Waals surface area contributed by atoms with Crippen LogP contribution in [0.3, 0.4) is 0 Å². The highest BCUT2D eigenvalue weighted by Gasteiger charge is 2.17. The molecular weight excluding hydrogens is 332 g/mol. The second kappa shape index (κ2) is 6.73. The highest BCUT2D eigenvalue weighted by Crippen LogP contribution is 2.26. The molecule has 0 unspecified atom stereocenters. The Hall–Kier alpha value is -2.59. The van der Waals surface area contributed by atoms with Crippen molar-refractivity contribution in [1.82, 2.24) is 9.97 Å². The number of aryl methyl sites for hydroxylation is 1. The minimum absolute atomic E-state index is 0.585. The third kappa shape index (κ3) is 3.44. The van der Waals surface area contributed by atoms with E-state index in [4.69, 9.17) is 16.6 Å². The third-order valence-electron chi connectivity index (χ3n) is 4.54. The van der Waals surface area contributed by atoms with Gasteiger partial charge >= 0.3 is 0 Å². The summed E-state index contributed by atoms with van der Waals surface area (Å²) in [6.45, 7) is 3.87. The molecule has 0 radical (unpaired) electrons. The van der Waals surface area contributed by atoms with Gasteiger partial charge in [0.25, 0.3) is 0 Å². The van der Waals surface area contributed by atoms with Crippen molar-refractivity contribution in [2.75, 3.05) is 16.8 Å². The van der Waals surface area contributed by atoms with E-state index in [1.807, 2.05) is 31.2 Å². The summed E-state index contributed by atoms with van der Waals surface area (Å²) in [6.07, 6.45) is 2.83. The molecule has 0 saturated heterocycles. The van der Waals surface area contributed by atoms with Gasteiger partial charge in [-0.1, -0.05) is 41.9 Å². The summed E-state index contributed by atoms with van der Waals surface area (Å²) in [6, 6.07) is 16.3. The summed E-state index contributed by atoms with van der Waals surface area (Å²) in [7, 11) is 0. The van der Waals surface area contributed by atoms with Crippen molar-refractivity contribution < 1.29 is 0 Å². The molecule has 0 bridgehead atoms. The van der Waals surface area contributed by atoms with Gasteiger partial charge in [0, 0.05) is 30.0 Å². The average Bonchev–Trinajstić information content (AvgIpc) is 2.64. The fraction of sp³-hybridized carbons (Fsp3) is 0.200. The third-order valence-corrected chi connectivity index (χ3v) is 4.78. The van der Waals surface area contributed by atoms with Gasteiger partial charge in [-0.3, -0.25) is 0 Å². The van der Waals surface area contributed by atoms with E-state index in [2.05, 4.69) is 39.5 Å². The highest BCUT2D eigenvalue weighted by molar-refractivity contribution is 6.30. The zero-order valence-electron chi connectivity index (χ0n) is 14.0. The van der Waals surface area contributed by atoms with Crippen LogP contribution < -0.4 is 10.2 Å². The topological polar surface area (TPSA) is 41.1 Å². The molecule has 4 nitrogen and oxygen atoms in total. The fourth-order valence-electron chi connectivity index (χ4n) is 3.13. The molecule has 1 aliphatic heterocycles. The van der Waals surface area contributed by atoms with Crippen LogP contribution in [0.2, 0.25) is 5.02 Å². The number of nitrogens with one attached hydrogen (secondary N) is 1. The summed E-state index contributed by atoms with van der Waals surface area (Å²) >= 11 is 6.09. The summed E-state index contributed by atoms with van der Waals surface area (Å²) in [5, 5.41) is 3.97. The Balaban J connectivity index is 1.57. The van der Waals surface area contributed by atoms with Gasteiger partial charge in [0.15, 0.2) is 0 Å². The van der Waals surface area contributed by atoms with Crippen molar-refractivity contribution >= 4 is 29.1 Å². The predicted molar refractivity (Wildman–Crippen MR) is 103 cm³/mol. The largest absolute Gasteiger partial charge is 0.352 e. The Morgan fingerprint density at radius 2 is 1.92 bits per heavy atom. The maximum Gasteiger partial charge on any atom is 0.229 e. The lowest BCUT2D eigenvalue weighted by molar-refractivity contribution is 0.720. The molecule has 25 heavy (non-hydrogen) atoms. The minimum Gasteiger partial charge on any atom is -0.352 e. The molecule has 4 rings (SSSR count). The van der Waals surface area contributed by atoms with Crippen LogP contribution in [0.4, 0.5) is 17.5 Å². The predicted octanol–water partition coefficient (Wildman–Crippen LogP) is 4.74. The van der Waals surface area contributed by atoms with Crippen molar-refractivity contribution in [3.05, 3.63) is 76.4 Å². The summed E-state index contributed by atoms with van der Waals surface area (Å²) < 4.78 is 0. The first kappa shape index (κ1) is 15.9. The van der Waals surface area contributed by atoms with Crippen LogP contribution in [-0.4, -0.2) is 16.5 Å². The number of rotatable bonds is 3. The van der Waals surface area contributed by atoms with Gasteiger partial charge in [-0.25, -0.2) is 4.98 Å². The number of aromatic nitrogens is 2. The van der Waals surface area contributed by atoms with Crippen molar-refractivity contribution in [3.8, 4) is 0 Å². The average molecular weight is 351 g/mol. The monoisotopic (exact) mass is 350 g/mol. The quantitative estimate of drug-likeness (QED) is 0.740. The van der Waals surface area contributed by atoms with Gasteiger partial charge in [0.2, 0.25) is 5.95 Å². The molecule has 0 saturated carbocycles. The van der Waals surface area contributed by atoms with Gasteiger partial charge < -0.3 is 10.2 Å². The number of fused-ring (bicyclic) bond motifs is 1. The summed E-state index contributed by atoms with van der Waals surface area (Å²) in [5.41, 5.74) is 4.83. The Morgan fingerprint density at radius 1 is 1.08 bits per heavy atom. The fourth-order valence-corrected chi connectivity index (χ4v) is 3.30. The van der Waals surface area contributed by atoms with Crippen molar-refractivity contribution in [2.24, 2.45) is 0 Å². The van der Waals surface area contributed by atoms with E-state index in [-0.39, 0.29) is 0 Å². The molecule has 1 aromatic heterocycles. The van der Waals surface area contributed by atoms with E-state index in [0.717, 1.165) is 36.6 Å². The van der Waals surface area contributed by atoms with Crippen LogP contribution in [-0.2, 0) is 13.0 Å². The first-order valence-corrected chi connectivity index (χ1v) is 8.75. The number of benzene rings is 2. The van der Waals surface area contributed by atoms with Crippen LogP contribution in [0.15, 0.2) is 54.7 Å². The van der Waals surface area contributed by atoms with E-state index in [0.29, 0.717) is 11.0 Å². The number of anilines is 3. The van der Waals surface area contributed by atoms with Gasteiger partial charge in [0.1, 0.15) is 5.82 Å². The minimum atomic E-state index is 0.585. The summed E-state index contributed by atoms with van der Waals surface area (Å²) in [5.74, 6) is 1.52. The Bertz CT molecular complexity index is 910. The van der Waals surface area contributed by atoms with Crippen LogP contribution >= 0.6 is 11.6 Å². The standard InChI is InChI=1S/C20H19ClN4/c1-14-6-7-17(21)12-18(14)23-20-22-10-8-19(24-20)25-11-9-15-4-2-3-5-16(15)13-25/h2-8,10,12H,9,11,13H2,1H3,(H,22,23,24). The summed E-state index contributed by atoms with van der Waals surface area (Å²) in [4.78, 5) is 11.3. The van der Waals surface area contributed by atoms with E-state index < -0.39 is 0 Å². The van der Waals surface area contributed by atoms with E-state index >= 15 is 0 Å². The molecule has 0 aliphatic carbocycles. The number of hydrogen-bond acceptors (Lipinski definition) is 4. The SMILES string of the molecule is Cc1ccc(Cl)cc1Nc1nccc(N2CCc3ccccc3C2)n1. The Morgan fingerprint density at radius 3 is 2.80 bits per heavy atom. The zero-order valence-corrected chi connectivity index (χ0v) is 14.8. The van der Waals surface area contributed by atoms with Crippen LogP contribution in [0, 0.1) is 6.92 Å². The van der Waals surface area contributed by atoms with Crippen LogP contribution in [0.25, 0.3) is 0 Å². The second-order valence-corrected chi connectivity index (χ2v) is 6.70. The molecule has 1 N–H and O–H groups in total. The molecular formula is C20H19ClN4. The van der Waals surface area contributed by atoms with Crippen molar-refractivity contribution in [2.45, 2.75) is 19.9 Å². The first-order valence-electron chi connectivity index (χ1n) is 8.37. The molecule has 2 heterocycles. The molecule has 126 valence electrons. The second-order valence-electron chi connectivity index (χ2n) is 6.26. The van der Waals surface area contributed by atoms with E-state index in [1.54, 1.807) is 6.20 Å². The zero-order chi connectivity index (χ0) is 17.2. The Labute approximate surface area is 152 Å². The van der Waals surface area contributed by atoms with Crippen molar-refractivity contribution in [1.29, 1.82) is 0 Å². The lowest BCUT2D eigenvalue weighted by atomic mass is 10.00. The normalized spacial score (nSPS) is 13.4. The molecule has 2 aromatic carbocycles. The molecule has 0 spiro atoms. The molecule has 0 atom stereocenters. The lowest BCUT2D eigenvalue weighted by Gasteiger charge is -2.29. The van der Waals surface area contributed by atoms with E-state index in [1.165, 1.54) is 11.1 Å². The van der Waals surface area contributed by atoms with Gasteiger partial charge in [-0.15, -0.1) is 0 Å². The number of hydrogen-bond donors (Lipinski definition) is 1. The van der Waals surface area contributed by atoms with Gasteiger partial charge in [0.05, 0.1) is 0 Å². The maximum absolute atomic E-state index is 6.09. The van der Waals surface area contributed by atoms with E-state index in [9.17, 15) is 0 Å². The molecule has 0 amide bonds. The molecule has 0 fully saturated rings. The first-order chi connectivity index (χ1) is 12.2. The van der Waals surface area contributed by atoms with Gasteiger partial charge in [-0.05, 0) is 48.2 Å². The van der Waals surface area contributed by atoms with Crippen LogP contribution in [0.1, 0.15) is 16.7 Å². The molecule has 3 aromatic rings. The van der Waals surface area contributed by atoms with Gasteiger partial charge in [-0.2, -0.15) is 4.98 Å². The number of nitrogens with zero attached hydrogens (tertiary/aromatic N) is 3. The molecule has 1 aliphatic rings. The van der Waals surface area contributed by atoms with Crippen molar-refractivity contribution in [3.63, 3.8) is 0 Å². The molecule has 5 heteroatoms.